The number of aliphatic hydroxyl groups is 1. The summed E-state index contributed by atoms with van der Waals surface area (Å²) in [7, 11) is 0. The number of halogens is 3. The summed E-state index contributed by atoms with van der Waals surface area (Å²) in [5.74, 6) is -2.14. The zero-order valence-corrected chi connectivity index (χ0v) is 25.6. The lowest BCUT2D eigenvalue weighted by Gasteiger charge is -2.27. The van der Waals surface area contributed by atoms with Crippen LogP contribution in [-0.2, 0) is 0 Å². The Morgan fingerprint density at radius 1 is 0.814 bits per heavy atom. The monoisotopic (exact) mass is 590 g/mol. The van der Waals surface area contributed by atoms with Crippen LogP contribution in [0, 0.1) is 23.4 Å². The lowest BCUT2D eigenvalue weighted by Crippen LogP contribution is -2.22. The third kappa shape index (κ3) is 8.86. The molecule has 1 N–H and O–H groups in total. The van der Waals surface area contributed by atoms with Crippen LogP contribution in [0.4, 0.5) is 13.2 Å². The number of unbranched alkanes of at least 4 members (excludes halogenated alkanes) is 5. The second-order valence-corrected chi connectivity index (χ2v) is 11.6. The minimum absolute atomic E-state index is 0.123. The van der Waals surface area contributed by atoms with Gasteiger partial charge in [-0.15, -0.1) is 0 Å². The second kappa shape index (κ2) is 16.5. The lowest BCUT2D eigenvalue weighted by atomic mass is 9.82. The van der Waals surface area contributed by atoms with E-state index in [-0.39, 0.29) is 35.8 Å². The molecule has 0 saturated heterocycles. The van der Waals surface area contributed by atoms with Crippen molar-refractivity contribution in [3.05, 3.63) is 95.8 Å². The van der Waals surface area contributed by atoms with Gasteiger partial charge in [0.15, 0.2) is 11.6 Å². The predicted octanol–water partition coefficient (Wildman–Crippen LogP) is 11.1. The van der Waals surface area contributed by atoms with Crippen molar-refractivity contribution in [3.8, 4) is 28.0 Å². The van der Waals surface area contributed by atoms with Crippen LogP contribution in [0.1, 0.15) is 90.0 Å². The van der Waals surface area contributed by atoms with Crippen molar-refractivity contribution in [1.29, 1.82) is 0 Å². The van der Waals surface area contributed by atoms with Gasteiger partial charge in [-0.05, 0) is 78.5 Å². The van der Waals surface area contributed by atoms with E-state index in [4.69, 9.17) is 4.74 Å². The van der Waals surface area contributed by atoms with Gasteiger partial charge in [0.05, 0.1) is 6.10 Å². The Bertz CT molecular complexity index is 1380. The summed E-state index contributed by atoms with van der Waals surface area (Å²) in [6.45, 7) is 4.37. The number of hydrogen-bond donors (Lipinski definition) is 1. The molecule has 43 heavy (non-hydrogen) atoms. The Labute approximate surface area is 255 Å². The lowest BCUT2D eigenvalue weighted by molar-refractivity contribution is 0.0913. The van der Waals surface area contributed by atoms with Gasteiger partial charge in [-0.3, -0.25) is 0 Å². The molecule has 2 atom stereocenters. The molecule has 0 radical (unpaired) electrons. The molecular weight excluding hydrogens is 545 g/mol. The zero-order valence-electron chi connectivity index (χ0n) is 25.6. The zero-order chi connectivity index (χ0) is 30.6. The van der Waals surface area contributed by atoms with Gasteiger partial charge in [0, 0.05) is 11.1 Å². The highest BCUT2D eigenvalue weighted by Gasteiger charge is 2.23. The summed E-state index contributed by atoms with van der Waals surface area (Å²) >= 11 is 0. The smallest absolute Gasteiger partial charge is 0.201 e. The summed E-state index contributed by atoms with van der Waals surface area (Å²) in [6, 6.07) is 15.2. The maximum absolute atomic E-state index is 15.3. The van der Waals surface area contributed by atoms with Crippen molar-refractivity contribution in [2.45, 2.75) is 90.6 Å². The quantitative estimate of drug-likeness (QED) is 0.141. The molecule has 0 saturated carbocycles. The second-order valence-electron chi connectivity index (χ2n) is 11.6. The fraction of sp³-hybridized carbons (Fsp3) is 0.421. The van der Waals surface area contributed by atoms with Gasteiger partial charge in [-0.1, -0.05) is 107 Å². The van der Waals surface area contributed by atoms with Crippen LogP contribution in [0.2, 0.25) is 0 Å². The van der Waals surface area contributed by atoms with Crippen LogP contribution in [0.25, 0.3) is 27.8 Å². The molecule has 3 aromatic rings. The molecule has 1 aliphatic carbocycles. The molecule has 3 aromatic carbocycles. The van der Waals surface area contributed by atoms with Crippen LogP contribution in [0.3, 0.4) is 0 Å². The third-order valence-electron chi connectivity index (χ3n) is 8.48. The Morgan fingerprint density at radius 2 is 1.51 bits per heavy atom. The maximum atomic E-state index is 15.3. The van der Waals surface area contributed by atoms with Gasteiger partial charge < -0.3 is 9.84 Å². The SMILES string of the molecule is CC/C=C/COc1ccc(-c2ccc(-c3ccc(C4=CCC(C(O)CCCCCCCC)CC4)c(F)c3)cc2)c(F)c1F. The minimum Gasteiger partial charge on any atom is -0.486 e. The average molecular weight is 591 g/mol. The largest absolute Gasteiger partial charge is 0.486 e. The van der Waals surface area contributed by atoms with E-state index in [2.05, 4.69) is 13.0 Å². The van der Waals surface area contributed by atoms with Crippen molar-refractivity contribution in [1.82, 2.24) is 0 Å². The maximum Gasteiger partial charge on any atom is 0.201 e. The number of aliphatic hydroxyl groups excluding tert-OH is 1. The molecule has 0 aromatic heterocycles. The first kappa shape index (κ1) is 32.6. The van der Waals surface area contributed by atoms with Crippen molar-refractivity contribution >= 4 is 5.57 Å². The topological polar surface area (TPSA) is 29.5 Å². The Hall–Kier alpha value is -3.31. The highest BCUT2D eigenvalue weighted by Crippen LogP contribution is 2.36. The van der Waals surface area contributed by atoms with Crippen LogP contribution in [0.15, 0.2) is 72.8 Å². The molecule has 0 amide bonds. The number of ether oxygens (including phenoxy) is 1. The van der Waals surface area contributed by atoms with E-state index in [0.717, 1.165) is 49.7 Å². The number of rotatable bonds is 15. The molecule has 0 spiro atoms. The van der Waals surface area contributed by atoms with Gasteiger partial charge >= 0.3 is 0 Å². The van der Waals surface area contributed by atoms with Crippen LogP contribution in [-0.4, -0.2) is 17.8 Å². The van der Waals surface area contributed by atoms with Crippen molar-refractivity contribution in [3.63, 3.8) is 0 Å². The predicted molar refractivity (Wildman–Crippen MR) is 171 cm³/mol. The van der Waals surface area contributed by atoms with Crippen LogP contribution >= 0.6 is 0 Å². The summed E-state index contributed by atoms with van der Waals surface area (Å²) in [5, 5.41) is 10.7. The fourth-order valence-electron chi connectivity index (χ4n) is 5.85. The van der Waals surface area contributed by atoms with E-state index in [0.29, 0.717) is 16.7 Å². The third-order valence-corrected chi connectivity index (χ3v) is 8.48. The van der Waals surface area contributed by atoms with Crippen molar-refractivity contribution in [2.75, 3.05) is 6.61 Å². The standard InChI is InChI=1S/C38H45F3O2/c1-3-5-7-8-9-10-12-35(42)30-19-17-28(18-20-30)32-22-21-31(26-34(32)39)27-13-15-29(16-14-27)33-23-24-36(38(41)37(33)40)43-25-11-6-4-2/h6,11,13-17,21-24,26,30,35,42H,3-5,7-10,12,18-20,25H2,1-2H3/b11-6+. The molecule has 0 heterocycles. The van der Waals surface area contributed by atoms with E-state index in [9.17, 15) is 13.9 Å². The molecule has 2 unspecified atom stereocenters. The minimum atomic E-state index is -1.01. The van der Waals surface area contributed by atoms with Gasteiger partial charge in [-0.2, -0.15) is 4.39 Å². The van der Waals surface area contributed by atoms with Gasteiger partial charge in [-0.25, -0.2) is 8.78 Å². The summed E-state index contributed by atoms with van der Waals surface area (Å²) in [4.78, 5) is 0. The Morgan fingerprint density at radius 3 is 2.21 bits per heavy atom. The van der Waals surface area contributed by atoms with Crippen LogP contribution in [0.5, 0.6) is 5.75 Å². The first-order chi connectivity index (χ1) is 20.9. The molecule has 5 heteroatoms. The number of benzene rings is 3. The molecule has 0 bridgehead atoms. The molecule has 2 nitrogen and oxygen atoms in total. The fourth-order valence-corrected chi connectivity index (χ4v) is 5.85. The molecule has 230 valence electrons. The number of allylic oxidation sites excluding steroid dienone is 3. The summed E-state index contributed by atoms with van der Waals surface area (Å²) < 4.78 is 50.1. The molecule has 0 aliphatic heterocycles. The number of hydrogen-bond acceptors (Lipinski definition) is 2. The summed E-state index contributed by atoms with van der Waals surface area (Å²) in [5.41, 5.74) is 3.76. The highest BCUT2D eigenvalue weighted by molar-refractivity contribution is 5.74. The molecular formula is C38H45F3O2. The summed E-state index contributed by atoms with van der Waals surface area (Å²) in [6.07, 6.45) is 16.9. The van der Waals surface area contributed by atoms with Crippen molar-refractivity contribution in [2.24, 2.45) is 5.92 Å². The van der Waals surface area contributed by atoms with Crippen molar-refractivity contribution < 1.29 is 23.0 Å². The molecule has 4 rings (SSSR count). The highest BCUT2D eigenvalue weighted by atomic mass is 19.2. The van der Waals surface area contributed by atoms with E-state index in [1.54, 1.807) is 30.3 Å². The molecule has 1 aliphatic rings. The van der Waals surface area contributed by atoms with E-state index in [1.807, 2.05) is 25.1 Å². The van der Waals surface area contributed by atoms with E-state index >= 15 is 4.39 Å². The van der Waals surface area contributed by atoms with Crippen LogP contribution < -0.4 is 4.74 Å². The van der Waals surface area contributed by atoms with Gasteiger partial charge in [0.2, 0.25) is 5.82 Å². The van der Waals surface area contributed by atoms with Gasteiger partial charge in [0.1, 0.15) is 12.4 Å². The van der Waals surface area contributed by atoms with E-state index < -0.39 is 11.6 Å². The normalized spacial score (nSPS) is 16.0. The molecule has 0 fully saturated rings. The Kier molecular flexibility index (Phi) is 12.5. The average Bonchev–Trinajstić information content (AvgIpc) is 3.03. The Balaban J connectivity index is 1.36. The first-order valence-electron chi connectivity index (χ1n) is 16.0. The van der Waals surface area contributed by atoms with E-state index in [1.165, 1.54) is 50.3 Å². The van der Waals surface area contributed by atoms with Gasteiger partial charge in [0.25, 0.3) is 0 Å². The first-order valence-corrected chi connectivity index (χ1v) is 16.0.